The van der Waals surface area contributed by atoms with E-state index in [0.717, 1.165) is 12.8 Å². The fourth-order valence-corrected chi connectivity index (χ4v) is 2.28. The molecule has 0 amide bonds. The van der Waals surface area contributed by atoms with Crippen molar-refractivity contribution in [2.24, 2.45) is 0 Å². The maximum Gasteiger partial charge on any atom is 0.255 e. The minimum Gasteiger partial charge on any atom is -0.292 e. The van der Waals surface area contributed by atoms with Gasteiger partial charge >= 0.3 is 0 Å². The van der Waals surface area contributed by atoms with Crippen molar-refractivity contribution in [2.75, 3.05) is 0 Å². The van der Waals surface area contributed by atoms with Crippen LogP contribution < -0.4 is 5.56 Å². The molecule has 5 heteroatoms. The summed E-state index contributed by atoms with van der Waals surface area (Å²) in [6, 6.07) is 7.72. The summed E-state index contributed by atoms with van der Waals surface area (Å²) < 4.78 is 15.2. The van der Waals surface area contributed by atoms with E-state index < -0.39 is 0 Å². The molecule has 0 atom stereocenters. The number of hydrogen-bond acceptors (Lipinski definition) is 2. The minimum atomic E-state index is -0.314. The zero-order valence-corrected chi connectivity index (χ0v) is 10.9. The maximum atomic E-state index is 13.7. The smallest absolute Gasteiger partial charge is 0.255 e. The highest BCUT2D eigenvalue weighted by Gasteiger charge is 2.29. The van der Waals surface area contributed by atoms with Gasteiger partial charge in [0.1, 0.15) is 16.8 Å². The molecule has 19 heavy (non-hydrogen) atoms. The lowest BCUT2D eigenvalue weighted by Gasteiger charge is -2.12. The van der Waals surface area contributed by atoms with Gasteiger partial charge < -0.3 is 0 Å². The highest BCUT2D eigenvalue weighted by atomic mass is 35.5. The standard InChI is InChI=1S/C14H12ClFN2O/c15-12-7-13(19)18(14(17-12)9-5-6-9)8-10-3-1-2-4-11(10)16/h1-4,7,9H,5-6,8H2. The Balaban J connectivity index is 2.05. The number of nitrogens with zero attached hydrogens (tertiary/aromatic N) is 2. The maximum absolute atomic E-state index is 13.7. The van der Waals surface area contributed by atoms with Crippen molar-refractivity contribution in [2.45, 2.75) is 25.3 Å². The predicted molar refractivity (Wildman–Crippen MR) is 71.0 cm³/mol. The van der Waals surface area contributed by atoms with Crippen LogP contribution in [0.25, 0.3) is 0 Å². The zero-order chi connectivity index (χ0) is 13.4. The molecule has 0 saturated heterocycles. The third-order valence-electron chi connectivity index (χ3n) is 3.24. The first-order chi connectivity index (χ1) is 9.15. The van der Waals surface area contributed by atoms with Gasteiger partial charge in [0.05, 0.1) is 6.54 Å². The highest BCUT2D eigenvalue weighted by Crippen LogP contribution is 2.38. The van der Waals surface area contributed by atoms with E-state index in [1.165, 1.54) is 16.7 Å². The second-order valence-corrected chi connectivity index (χ2v) is 5.11. The lowest BCUT2D eigenvalue weighted by Crippen LogP contribution is -2.25. The van der Waals surface area contributed by atoms with Crippen molar-refractivity contribution in [1.29, 1.82) is 0 Å². The number of aromatic nitrogens is 2. The second kappa shape index (κ2) is 4.78. The van der Waals surface area contributed by atoms with Crippen molar-refractivity contribution < 1.29 is 4.39 Å². The van der Waals surface area contributed by atoms with Gasteiger partial charge in [0.2, 0.25) is 0 Å². The van der Waals surface area contributed by atoms with Gasteiger partial charge in [0, 0.05) is 17.5 Å². The molecule has 98 valence electrons. The molecule has 1 aromatic heterocycles. The zero-order valence-electron chi connectivity index (χ0n) is 10.1. The molecule has 3 rings (SSSR count). The van der Waals surface area contributed by atoms with Crippen molar-refractivity contribution in [3.05, 3.63) is 63.0 Å². The molecule has 0 bridgehead atoms. The van der Waals surface area contributed by atoms with Crippen LogP contribution in [0.5, 0.6) is 0 Å². The summed E-state index contributed by atoms with van der Waals surface area (Å²) in [6.45, 7) is 0.196. The van der Waals surface area contributed by atoms with Crippen LogP contribution in [0.3, 0.4) is 0 Å². The van der Waals surface area contributed by atoms with Gasteiger partial charge in [-0.15, -0.1) is 0 Å². The Hall–Kier alpha value is -1.68. The number of rotatable bonds is 3. The van der Waals surface area contributed by atoms with Crippen molar-refractivity contribution in [1.82, 2.24) is 9.55 Å². The van der Waals surface area contributed by atoms with Gasteiger partial charge in [0.15, 0.2) is 0 Å². The van der Waals surface area contributed by atoms with E-state index in [1.54, 1.807) is 18.2 Å². The third kappa shape index (κ3) is 2.54. The first kappa shape index (κ1) is 12.4. The molecule has 1 aliphatic carbocycles. The molecule has 0 spiro atoms. The summed E-state index contributed by atoms with van der Waals surface area (Å²) in [7, 11) is 0. The Morgan fingerprint density at radius 1 is 1.37 bits per heavy atom. The van der Waals surface area contributed by atoms with E-state index in [-0.39, 0.29) is 29.0 Å². The van der Waals surface area contributed by atoms with E-state index in [9.17, 15) is 9.18 Å². The monoisotopic (exact) mass is 278 g/mol. The molecular formula is C14H12ClFN2O. The van der Waals surface area contributed by atoms with Crippen LogP contribution in [0.15, 0.2) is 35.1 Å². The lowest BCUT2D eigenvalue weighted by atomic mass is 10.2. The van der Waals surface area contributed by atoms with Crippen LogP contribution in [0.1, 0.15) is 30.1 Å². The third-order valence-corrected chi connectivity index (χ3v) is 3.43. The van der Waals surface area contributed by atoms with Crippen molar-refractivity contribution >= 4 is 11.6 Å². The van der Waals surface area contributed by atoms with Crippen LogP contribution in [-0.2, 0) is 6.54 Å². The largest absolute Gasteiger partial charge is 0.292 e. The van der Waals surface area contributed by atoms with Crippen LogP contribution in [0, 0.1) is 5.82 Å². The number of halogens is 2. The molecule has 2 aromatic rings. The fourth-order valence-electron chi connectivity index (χ4n) is 2.10. The van der Waals surface area contributed by atoms with Crippen molar-refractivity contribution in [3.8, 4) is 0 Å². The van der Waals surface area contributed by atoms with Gasteiger partial charge in [-0.2, -0.15) is 0 Å². The Morgan fingerprint density at radius 3 is 2.79 bits per heavy atom. The molecule has 1 fully saturated rings. The first-order valence-corrected chi connectivity index (χ1v) is 6.53. The summed E-state index contributed by atoms with van der Waals surface area (Å²) in [5.41, 5.74) is 0.251. The molecule has 3 nitrogen and oxygen atoms in total. The van der Waals surface area contributed by atoms with Gasteiger partial charge in [-0.1, -0.05) is 29.8 Å². The van der Waals surface area contributed by atoms with Gasteiger partial charge in [-0.25, -0.2) is 9.37 Å². The molecule has 0 aliphatic heterocycles. The SMILES string of the molecule is O=c1cc(Cl)nc(C2CC2)n1Cc1ccccc1F. The summed E-state index contributed by atoms with van der Waals surface area (Å²) >= 11 is 5.83. The fraction of sp³-hybridized carbons (Fsp3) is 0.286. The molecular weight excluding hydrogens is 267 g/mol. The van der Waals surface area contributed by atoms with Crippen molar-refractivity contribution in [3.63, 3.8) is 0 Å². The summed E-state index contributed by atoms with van der Waals surface area (Å²) in [5.74, 6) is 0.630. The molecule has 1 aromatic carbocycles. The minimum absolute atomic E-state index is 0.196. The van der Waals surface area contributed by atoms with Gasteiger partial charge in [-0.05, 0) is 18.9 Å². The summed E-state index contributed by atoms with van der Waals surface area (Å²) in [6.07, 6.45) is 2.01. The Labute approximate surface area is 114 Å². The van der Waals surface area contributed by atoms with E-state index in [0.29, 0.717) is 11.4 Å². The molecule has 0 radical (unpaired) electrons. The van der Waals surface area contributed by atoms with Crippen LogP contribution in [0.4, 0.5) is 4.39 Å². The van der Waals surface area contributed by atoms with Crippen LogP contribution in [-0.4, -0.2) is 9.55 Å². The van der Waals surface area contributed by atoms with Gasteiger partial charge in [0.25, 0.3) is 5.56 Å². The quantitative estimate of drug-likeness (QED) is 0.809. The molecule has 1 aliphatic rings. The van der Waals surface area contributed by atoms with Gasteiger partial charge in [-0.3, -0.25) is 9.36 Å². The van der Waals surface area contributed by atoms with Crippen LogP contribution >= 0.6 is 11.6 Å². The van der Waals surface area contributed by atoms with E-state index in [2.05, 4.69) is 4.98 Å². The predicted octanol–water partition coefficient (Wildman–Crippen LogP) is 2.96. The summed E-state index contributed by atoms with van der Waals surface area (Å²) in [4.78, 5) is 16.3. The normalized spacial score (nSPS) is 14.6. The molecule has 0 unspecified atom stereocenters. The average molecular weight is 279 g/mol. The highest BCUT2D eigenvalue weighted by molar-refractivity contribution is 6.29. The van der Waals surface area contributed by atoms with E-state index in [1.807, 2.05) is 0 Å². The topological polar surface area (TPSA) is 34.9 Å². The second-order valence-electron chi connectivity index (χ2n) is 4.73. The Morgan fingerprint density at radius 2 is 2.11 bits per heavy atom. The molecule has 1 saturated carbocycles. The summed E-state index contributed by atoms with van der Waals surface area (Å²) in [5, 5.41) is 0.205. The van der Waals surface area contributed by atoms with E-state index >= 15 is 0 Å². The first-order valence-electron chi connectivity index (χ1n) is 6.16. The lowest BCUT2D eigenvalue weighted by molar-refractivity contribution is 0.584. The number of hydrogen-bond donors (Lipinski definition) is 0. The Bertz CT molecular complexity index is 679. The molecule has 1 heterocycles. The Kier molecular flexibility index (Phi) is 3.11. The van der Waals surface area contributed by atoms with E-state index in [4.69, 9.17) is 11.6 Å². The van der Waals surface area contributed by atoms with Crippen LogP contribution in [0.2, 0.25) is 5.15 Å². The molecule has 0 N–H and O–H groups in total. The average Bonchev–Trinajstić information content (AvgIpc) is 3.18. The number of benzene rings is 1.